The number of nitrogens with zero attached hydrogens (tertiary/aromatic N) is 2. The van der Waals surface area contributed by atoms with Crippen LogP contribution in [0, 0.1) is 6.92 Å². The molecule has 0 saturated heterocycles. The largest absolute Gasteiger partial charge is 0.326 e. The Morgan fingerprint density at radius 1 is 1.46 bits per heavy atom. The fourth-order valence-electron chi connectivity index (χ4n) is 1.67. The molecule has 0 saturated carbocycles. The molecule has 2 aromatic rings. The van der Waals surface area contributed by atoms with Crippen LogP contribution in [-0.2, 0) is 13.6 Å². The van der Waals surface area contributed by atoms with Gasteiger partial charge in [-0.2, -0.15) is 5.10 Å². The van der Waals surface area contributed by atoms with Gasteiger partial charge in [0.15, 0.2) is 0 Å². The van der Waals surface area contributed by atoms with Crippen LogP contribution in [0.4, 0.5) is 0 Å². The second kappa shape index (κ2) is 2.85. The van der Waals surface area contributed by atoms with Gasteiger partial charge in [-0.25, -0.2) is 0 Å². The molecule has 0 fully saturated rings. The summed E-state index contributed by atoms with van der Waals surface area (Å²) in [4.78, 5) is 0. The highest BCUT2D eigenvalue weighted by Crippen LogP contribution is 2.20. The highest BCUT2D eigenvalue weighted by molar-refractivity contribution is 5.85. The molecule has 3 heteroatoms. The lowest BCUT2D eigenvalue weighted by atomic mass is 10.1. The van der Waals surface area contributed by atoms with Crippen molar-refractivity contribution in [2.75, 3.05) is 0 Å². The molecule has 0 atom stereocenters. The molecule has 0 unspecified atom stereocenters. The van der Waals surface area contributed by atoms with Crippen molar-refractivity contribution < 1.29 is 0 Å². The van der Waals surface area contributed by atoms with Crippen LogP contribution in [0.15, 0.2) is 18.3 Å². The van der Waals surface area contributed by atoms with Crippen molar-refractivity contribution in [2.24, 2.45) is 12.8 Å². The van der Waals surface area contributed by atoms with Gasteiger partial charge < -0.3 is 5.73 Å². The van der Waals surface area contributed by atoms with Crippen molar-refractivity contribution in [1.82, 2.24) is 9.78 Å². The van der Waals surface area contributed by atoms with Gasteiger partial charge in [-0.3, -0.25) is 4.68 Å². The molecule has 0 bridgehead atoms. The summed E-state index contributed by atoms with van der Waals surface area (Å²) in [6.07, 6.45) is 1.89. The molecule has 2 rings (SSSR count). The summed E-state index contributed by atoms with van der Waals surface area (Å²) in [6, 6.07) is 4.16. The third-order valence-corrected chi connectivity index (χ3v) is 2.42. The number of rotatable bonds is 1. The second-order valence-corrected chi connectivity index (χ2v) is 3.28. The van der Waals surface area contributed by atoms with E-state index < -0.39 is 0 Å². The number of aromatic nitrogens is 2. The Morgan fingerprint density at radius 3 is 2.92 bits per heavy atom. The van der Waals surface area contributed by atoms with E-state index in [4.69, 9.17) is 5.73 Å². The Balaban J connectivity index is 2.88. The van der Waals surface area contributed by atoms with Crippen LogP contribution in [0.25, 0.3) is 10.9 Å². The van der Waals surface area contributed by atoms with Gasteiger partial charge in [0.25, 0.3) is 0 Å². The summed E-state index contributed by atoms with van der Waals surface area (Å²) in [7, 11) is 1.95. The van der Waals surface area contributed by atoms with Gasteiger partial charge in [0.05, 0.1) is 11.7 Å². The van der Waals surface area contributed by atoms with E-state index in [1.807, 2.05) is 17.9 Å². The molecule has 0 radical (unpaired) electrons. The molecular formula is C10H13N3. The SMILES string of the molecule is Cc1ccc(CN)c2c1cnn2C. The lowest BCUT2D eigenvalue weighted by Crippen LogP contribution is -2.01. The third kappa shape index (κ3) is 1.12. The summed E-state index contributed by atoms with van der Waals surface area (Å²) in [5, 5.41) is 5.43. The van der Waals surface area contributed by atoms with Gasteiger partial charge in [-0.15, -0.1) is 0 Å². The Bertz CT molecular complexity index is 443. The van der Waals surface area contributed by atoms with Crippen LogP contribution in [0.3, 0.4) is 0 Å². The third-order valence-electron chi connectivity index (χ3n) is 2.42. The van der Waals surface area contributed by atoms with Gasteiger partial charge >= 0.3 is 0 Å². The standard InChI is InChI=1S/C10H13N3/c1-7-3-4-8(5-11)10-9(7)6-12-13(10)2/h3-4,6H,5,11H2,1-2H3. The number of nitrogens with two attached hydrogens (primary N) is 1. The van der Waals surface area contributed by atoms with E-state index in [2.05, 4.69) is 24.2 Å². The minimum atomic E-state index is 0.566. The highest BCUT2D eigenvalue weighted by Gasteiger charge is 2.06. The smallest absolute Gasteiger partial charge is 0.0726 e. The summed E-state index contributed by atoms with van der Waals surface area (Å²) < 4.78 is 1.88. The Kier molecular flexibility index (Phi) is 1.81. The monoisotopic (exact) mass is 175 g/mol. The lowest BCUT2D eigenvalue weighted by molar-refractivity contribution is 0.791. The van der Waals surface area contributed by atoms with Crippen molar-refractivity contribution in [3.8, 4) is 0 Å². The number of aryl methyl sites for hydroxylation is 2. The summed E-state index contributed by atoms with van der Waals surface area (Å²) in [5.74, 6) is 0. The molecule has 0 aliphatic rings. The van der Waals surface area contributed by atoms with E-state index in [-0.39, 0.29) is 0 Å². The fourth-order valence-corrected chi connectivity index (χ4v) is 1.67. The minimum Gasteiger partial charge on any atom is -0.326 e. The van der Waals surface area contributed by atoms with Gasteiger partial charge in [0.1, 0.15) is 0 Å². The summed E-state index contributed by atoms with van der Waals surface area (Å²) in [6.45, 7) is 2.65. The first-order valence-electron chi connectivity index (χ1n) is 4.34. The maximum atomic E-state index is 5.65. The first kappa shape index (κ1) is 8.26. The van der Waals surface area contributed by atoms with Gasteiger partial charge in [-0.05, 0) is 18.1 Å². The van der Waals surface area contributed by atoms with E-state index in [0.717, 1.165) is 11.1 Å². The van der Waals surface area contributed by atoms with Gasteiger partial charge in [0.2, 0.25) is 0 Å². The molecule has 0 amide bonds. The summed E-state index contributed by atoms with van der Waals surface area (Å²) >= 11 is 0. The van der Waals surface area contributed by atoms with Gasteiger partial charge in [-0.1, -0.05) is 12.1 Å². The maximum absolute atomic E-state index is 5.65. The quantitative estimate of drug-likeness (QED) is 0.710. The molecule has 1 heterocycles. The zero-order valence-corrected chi connectivity index (χ0v) is 7.91. The van der Waals surface area contributed by atoms with E-state index in [9.17, 15) is 0 Å². The van der Waals surface area contributed by atoms with Crippen LogP contribution < -0.4 is 5.73 Å². The first-order valence-corrected chi connectivity index (χ1v) is 4.34. The maximum Gasteiger partial charge on any atom is 0.0726 e. The zero-order chi connectivity index (χ0) is 9.42. The Hall–Kier alpha value is -1.35. The summed E-state index contributed by atoms with van der Waals surface area (Å²) in [5.41, 5.74) is 9.21. The molecule has 13 heavy (non-hydrogen) atoms. The van der Waals surface area contributed by atoms with Crippen LogP contribution in [0.2, 0.25) is 0 Å². The Labute approximate surface area is 77.2 Å². The molecule has 3 nitrogen and oxygen atoms in total. The molecule has 1 aromatic heterocycles. The second-order valence-electron chi connectivity index (χ2n) is 3.28. The number of benzene rings is 1. The Morgan fingerprint density at radius 2 is 2.23 bits per heavy atom. The predicted molar refractivity (Wildman–Crippen MR) is 53.3 cm³/mol. The molecule has 0 aliphatic carbocycles. The average Bonchev–Trinajstić information content (AvgIpc) is 2.51. The zero-order valence-electron chi connectivity index (χ0n) is 7.91. The van der Waals surface area contributed by atoms with Crippen LogP contribution in [0.5, 0.6) is 0 Å². The van der Waals surface area contributed by atoms with E-state index in [0.29, 0.717) is 6.54 Å². The predicted octanol–water partition coefficient (Wildman–Crippen LogP) is 1.34. The van der Waals surface area contributed by atoms with Crippen molar-refractivity contribution in [3.63, 3.8) is 0 Å². The molecule has 2 N–H and O–H groups in total. The molecule has 1 aromatic carbocycles. The van der Waals surface area contributed by atoms with Crippen LogP contribution in [-0.4, -0.2) is 9.78 Å². The minimum absolute atomic E-state index is 0.566. The number of fused-ring (bicyclic) bond motifs is 1. The lowest BCUT2D eigenvalue weighted by Gasteiger charge is -2.03. The first-order chi connectivity index (χ1) is 6.24. The highest BCUT2D eigenvalue weighted by atomic mass is 15.2. The van der Waals surface area contributed by atoms with E-state index in [1.54, 1.807) is 0 Å². The molecule has 0 spiro atoms. The van der Waals surface area contributed by atoms with Gasteiger partial charge in [0, 0.05) is 19.0 Å². The topological polar surface area (TPSA) is 43.8 Å². The normalized spacial score (nSPS) is 11.0. The molecule has 68 valence electrons. The van der Waals surface area contributed by atoms with Crippen molar-refractivity contribution >= 4 is 10.9 Å². The van der Waals surface area contributed by atoms with Crippen LogP contribution in [0.1, 0.15) is 11.1 Å². The average molecular weight is 175 g/mol. The van der Waals surface area contributed by atoms with Crippen molar-refractivity contribution in [1.29, 1.82) is 0 Å². The van der Waals surface area contributed by atoms with E-state index in [1.165, 1.54) is 10.9 Å². The number of hydrogen-bond acceptors (Lipinski definition) is 2. The van der Waals surface area contributed by atoms with E-state index >= 15 is 0 Å². The van der Waals surface area contributed by atoms with Crippen molar-refractivity contribution in [3.05, 3.63) is 29.5 Å². The van der Waals surface area contributed by atoms with Crippen LogP contribution >= 0.6 is 0 Å². The molecular weight excluding hydrogens is 162 g/mol. The fraction of sp³-hybridized carbons (Fsp3) is 0.300. The number of hydrogen-bond donors (Lipinski definition) is 1. The molecule has 0 aliphatic heterocycles. The van der Waals surface area contributed by atoms with Crippen molar-refractivity contribution in [2.45, 2.75) is 13.5 Å².